The van der Waals surface area contributed by atoms with E-state index in [1.165, 1.54) is 23.6 Å². The van der Waals surface area contributed by atoms with E-state index in [0.717, 1.165) is 5.56 Å². The average molecular weight is 583 g/mol. The van der Waals surface area contributed by atoms with Crippen LogP contribution in [0.25, 0.3) is 11.4 Å². The number of methoxy groups -OCH3 is 1. The smallest absolute Gasteiger partial charge is 0.305 e. The maximum Gasteiger partial charge on any atom is 0.305 e. The third-order valence-corrected chi connectivity index (χ3v) is 7.24. The lowest BCUT2D eigenvalue weighted by Crippen LogP contribution is -2.54. The first-order chi connectivity index (χ1) is 19.6. The van der Waals surface area contributed by atoms with Gasteiger partial charge in [-0.2, -0.15) is 0 Å². The van der Waals surface area contributed by atoms with Crippen molar-refractivity contribution >= 4 is 35.3 Å². The summed E-state index contributed by atoms with van der Waals surface area (Å²) in [5, 5.41) is 26.1. The molecule has 0 saturated carbocycles. The molecule has 0 fully saturated rings. The van der Waals surface area contributed by atoms with Gasteiger partial charge in [0.25, 0.3) is 0 Å². The summed E-state index contributed by atoms with van der Waals surface area (Å²) in [6, 6.07) is 12.5. The molecule has 0 saturated heterocycles. The van der Waals surface area contributed by atoms with Crippen LogP contribution in [-0.2, 0) is 38.4 Å². The highest BCUT2D eigenvalue weighted by molar-refractivity contribution is 7.99. The molecule has 0 aliphatic rings. The van der Waals surface area contributed by atoms with Gasteiger partial charge in [0.15, 0.2) is 11.6 Å². The van der Waals surface area contributed by atoms with Crippen molar-refractivity contribution in [1.29, 1.82) is 0 Å². The maximum atomic E-state index is 13.2. The van der Waals surface area contributed by atoms with E-state index < -0.39 is 42.1 Å². The molecule has 0 unspecified atom stereocenters. The molecule has 12 nitrogen and oxygen atoms in total. The van der Waals surface area contributed by atoms with Gasteiger partial charge >= 0.3 is 5.97 Å². The first-order valence-electron chi connectivity index (χ1n) is 12.9. The van der Waals surface area contributed by atoms with Crippen LogP contribution >= 0.6 is 11.8 Å². The molecular formula is C28H34N6O6S. The van der Waals surface area contributed by atoms with Crippen LogP contribution in [0.2, 0.25) is 0 Å². The molecule has 41 heavy (non-hydrogen) atoms. The number of aryl methyl sites for hydroxylation is 1. The van der Waals surface area contributed by atoms with Gasteiger partial charge in [0.1, 0.15) is 11.8 Å². The molecule has 3 N–H and O–H groups in total. The number of carbonyl (C=O) groups excluding carboxylic acids is 3. The highest BCUT2D eigenvalue weighted by Crippen LogP contribution is 2.25. The third kappa shape index (κ3) is 9.13. The SMILES string of the molecule is COc1ccc(-c2nnnn2C)cc1CC(=O)N[C@H](C(=O)N[C@@H](CC(=O)O)C(=O)CSCc1ccccc1)C(C)C. The monoisotopic (exact) mass is 582 g/mol. The molecule has 2 aromatic carbocycles. The van der Waals surface area contributed by atoms with E-state index in [1.807, 2.05) is 30.3 Å². The number of hydrogen-bond donors (Lipinski definition) is 3. The summed E-state index contributed by atoms with van der Waals surface area (Å²) < 4.78 is 6.91. The van der Waals surface area contributed by atoms with Crippen molar-refractivity contribution in [2.24, 2.45) is 13.0 Å². The normalized spacial score (nSPS) is 12.4. The van der Waals surface area contributed by atoms with Crippen LogP contribution in [-0.4, -0.2) is 73.8 Å². The first-order valence-corrected chi connectivity index (χ1v) is 14.1. The van der Waals surface area contributed by atoms with Gasteiger partial charge in [0.2, 0.25) is 11.8 Å². The van der Waals surface area contributed by atoms with Gasteiger partial charge in [-0.05, 0) is 40.1 Å². The summed E-state index contributed by atoms with van der Waals surface area (Å²) in [7, 11) is 3.19. The number of amides is 2. The fraction of sp³-hybridized carbons (Fsp3) is 0.393. The van der Waals surface area contributed by atoms with Gasteiger partial charge < -0.3 is 20.5 Å². The number of thioether (sulfide) groups is 1. The number of rotatable bonds is 15. The molecule has 0 aliphatic heterocycles. The Kier molecular flexibility index (Phi) is 11.4. The molecule has 0 bridgehead atoms. The van der Waals surface area contributed by atoms with Crippen molar-refractivity contribution in [3.05, 3.63) is 59.7 Å². The van der Waals surface area contributed by atoms with Crippen LogP contribution in [0.5, 0.6) is 5.75 Å². The Balaban J connectivity index is 1.67. The lowest BCUT2D eigenvalue weighted by molar-refractivity contribution is -0.140. The summed E-state index contributed by atoms with van der Waals surface area (Å²) in [5.41, 5.74) is 2.27. The number of carboxylic acids is 1. The fourth-order valence-corrected chi connectivity index (χ4v) is 5.02. The largest absolute Gasteiger partial charge is 0.496 e. The highest BCUT2D eigenvalue weighted by atomic mass is 32.2. The summed E-state index contributed by atoms with van der Waals surface area (Å²) in [6.07, 6.45) is -0.664. The standard InChI is InChI=1S/C28H34N6O6S/c1-17(2)26(28(39)29-21(14-25(37)38)22(35)16-41-15-18-8-6-5-7-9-18)30-24(36)13-20-12-19(10-11-23(20)40-4)27-31-32-33-34(27)3/h5-12,17,21,26H,13-16H2,1-4H3,(H,29,39)(H,30,36)(H,37,38)/t21-,26-/m0/s1. The van der Waals surface area contributed by atoms with Gasteiger partial charge in [-0.25, -0.2) is 4.68 Å². The molecule has 2 atom stereocenters. The van der Waals surface area contributed by atoms with Gasteiger partial charge in [0.05, 0.1) is 31.7 Å². The molecule has 0 aliphatic carbocycles. The van der Waals surface area contributed by atoms with E-state index in [1.54, 1.807) is 39.1 Å². The Hall–Kier alpha value is -4.26. The van der Waals surface area contributed by atoms with Gasteiger partial charge in [-0.1, -0.05) is 44.2 Å². The number of carboxylic acid groups (broad SMARTS) is 1. The Bertz CT molecular complexity index is 1360. The predicted octanol–water partition coefficient (Wildman–Crippen LogP) is 2.03. The predicted molar refractivity (Wildman–Crippen MR) is 153 cm³/mol. The van der Waals surface area contributed by atoms with Gasteiger partial charge in [0, 0.05) is 23.9 Å². The third-order valence-electron chi connectivity index (χ3n) is 6.22. The van der Waals surface area contributed by atoms with E-state index in [-0.39, 0.29) is 18.1 Å². The van der Waals surface area contributed by atoms with Crippen LogP contribution in [0, 0.1) is 5.92 Å². The van der Waals surface area contributed by atoms with E-state index in [0.29, 0.717) is 28.5 Å². The minimum atomic E-state index is -1.22. The second-order valence-electron chi connectivity index (χ2n) is 9.72. The van der Waals surface area contributed by atoms with E-state index in [9.17, 15) is 24.3 Å². The zero-order chi connectivity index (χ0) is 29.9. The van der Waals surface area contributed by atoms with Crippen molar-refractivity contribution in [3.8, 4) is 17.1 Å². The van der Waals surface area contributed by atoms with Crippen molar-refractivity contribution in [3.63, 3.8) is 0 Å². The average Bonchev–Trinajstić information content (AvgIpc) is 3.37. The van der Waals surface area contributed by atoms with Crippen molar-refractivity contribution in [2.75, 3.05) is 12.9 Å². The second kappa shape index (κ2) is 14.9. The highest BCUT2D eigenvalue weighted by Gasteiger charge is 2.30. The molecule has 2 amide bonds. The van der Waals surface area contributed by atoms with Gasteiger partial charge in [-0.15, -0.1) is 16.9 Å². The topological polar surface area (TPSA) is 165 Å². The summed E-state index contributed by atoms with van der Waals surface area (Å²) in [6.45, 7) is 3.49. The number of aliphatic carboxylic acids is 1. The summed E-state index contributed by atoms with van der Waals surface area (Å²) >= 11 is 1.34. The Morgan fingerprint density at radius 2 is 1.80 bits per heavy atom. The Morgan fingerprint density at radius 1 is 1.07 bits per heavy atom. The maximum absolute atomic E-state index is 13.2. The minimum absolute atomic E-state index is 0.0308. The number of ether oxygens (including phenoxy) is 1. The fourth-order valence-electron chi connectivity index (χ4n) is 4.09. The zero-order valence-corrected chi connectivity index (χ0v) is 24.2. The van der Waals surface area contributed by atoms with E-state index in [2.05, 4.69) is 26.2 Å². The van der Waals surface area contributed by atoms with Crippen molar-refractivity contribution in [2.45, 2.75) is 44.5 Å². The lowest BCUT2D eigenvalue weighted by Gasteiger charge is -2.25. The molecule has 1 heterocycles. The Labute approximate surface area is 242 Å². The van der Waals surface area contributed by atoms with Crippen LogP contribution < -0.4 is 15.4 Å². The quantitative estimate of drug-likeness (QED) is 0.241. The molecule has 1 aromatic heterocycles. The number of hydrogen-bond acceptors (Lipinski definition) is 9. The summed E-state index contributed by atoms with van der Waals surface area (Å²) in [4.78, 5) is 50.6. The van der Waals surface area contributed by atoms with Crippen LogP contribution in [0.3, 0.4) is 0 Å². The molecule has 218 valence electrons. The number of carbonyl (C=O) groups is 4. The molecule has 3 aromatic rings. The van der Waals surface area contributed by atoms with Gasteiger partial charge in [-0.3, -0.25) is 19.2 Å². The van der Waals surface area contributed by atoms with Crippen molar-refractivity contribution < 1.29 is 29.0 Å². The van der Waals surface area contributed by atoms with E-state index >= 15 is 0 Å². The number of Topliss-reactive ketones (excluding diaryl/α,β-unsaturated/α-hetero) is 1. The molecular weight excluding hydrogens is 548 g/mol. The van der Waals surface area contributed by atoms with Crippen LogP contribution in [0.4, 0.5) is 0 Å². The van der Waals surface area contributed by atoms with Crippen LogP contribution in [0.15, 0.2) is 48.5 Å². The number of ketones is 1. The number of aromatic nitrogens is 4. The van der Waals surface area contributed by atoms with Crippen LogP contribution in [0.1, 0.15) is 31.4 Å². The second-order valence-corrected chi connectivity index (χ2v) is 10.7. The Morgan fingerprint density at radius 3 is 2.41 bits per heavy atom. The lowest BCUT2D eigenvalue weighted by atomic mass is 10.0. The van der Waals surface area contributed by atoms with E-state index in [4.69, 9.17) is 4.74 Å². The first kappa shape index (κ1) is 31.3. The number of nitrogens with zero attached hydrogens (tertiary/aromatic N) is 4. The number of tetrazole rings is 1. The molecule has 13 heteroatoms. The van der Waals surface area contributed by atoms with Crippen molar-refractivity contribution in [1.82, 2.24) is 30.8 Å². The molecule has 3 rings (SSSR count). The number of nitrogens with one attached hydrogen (secondary N) is 2. The zero-order valence-electron chi connectivity index (χ0n) is 23.4. The number of benzene rings is 2. The minimum Gasteiger partial charge on any atom is -0.496 e. The molecule has 0 radical (unpaired) electrons. The molecule has 0 spiro atoms. The summed E-state index contributed by atoms with van der Waals surface area (Å²) in [5.74, 6) is -1.47.